The Morgan fingerprint density at radius 1 is 1.25 bits per heavy atom. The Morgan fingerprint density at radius 2 is 2.00 bits per heavy atom. The highest BCUT2D eigenvalue weighted by Crippen LogP contribution is 2.23. The molecule has 1 rings (SSSR count). The molecule has 0 saturated heterocycles. The Kier molecular flexibility index (Phi) is 5.60. The predicted molar refractivity (Wildman–Crippen MR) is 63.3 cm³/mol. The normalized spacial score (nSPS) is 12.1. The molecule has 0 aliphatic carbocycles. The molecule has 0 aromatic heterocycles. The Morgan fingerprint density at radius 3 is 2.69 bits per heavy atom. The number of hydrogen-bond donors (Lipinski definition) is 0. The third-order valence-electron chi connectivity index (χ3n) is 2.75. The van der Waals surface area contributed by atoms with Crippen molar-refractivity contribution < 1.29 is 5.11 Å². The summed E-state index contributed by atoms with van der Waals surface area (Å²) in [5, 5.41) is 20.8. The van der Waals surface area contributed by atoms with Gasteiger partial charge in [0.25, 0.3) is 0 Å². The molecule has 0 saturated carbocycles. The molecule has 1 atom stereocenters. The summed E-state index contributed by atoms with van der Waals surface area (Å²) in [5.41, 5.74) is 1.18. The first kappa shape index (κ1) is 12.7. The fourth-order valence-corrected chi connectivity index (χ4v) is 1.79. The molecule has 1 aromatic carbocycles. The second kappa shape index (κ2) is 7.03. The molecule has 0 amide bonds. The molecule has 1 unspecified atom stereocenters. The monoisotopic (exact) mass is 216 g/mol. The zero-order valence-electron chi connectivity index (χ0n) is 9.78. The SMILES string of the molecule is CCCCCCC([O])c1ccccc1C#N. The Labute approximate surface area is 97.5 Å². The van der Waals surface area contributed by atoms with Gasteiger partial charge in [-0.15, -0.1) is 0 Å². The summed E-state index contributed by atoms with van der Waals surface area (Å²) in [7, 11) is 0. The highest BCUT2D eigenvalue weighted by molar-refractivity contribution is 5.38. The van der Waals surface area contributed by atoms with Gasteiger partial charge in [0.1, 0.15) is 6.10 Å². The average molecular weight is 216 g/mol. The summed E-state index contributed by atoms with van der Waals surface area (Å²) in [4.78, 5) is 0. The zero-order chi connectivity index (χ0) is 11.8. The van der Waals surface area contributed by atoms with Gasteiger partial charge in [-0.25, -0.2) is 5.11 Å². The third kappa shape index (κ3) is 3.67. The van der Waals surface area contributed by atoms with Crippen LogP contribution in [0.1, 0.15) is 56.3 Å². The van der Waals surface area contributed by atoms with Crippen molar-refractivity contribution >= 4 is 0 Å². The average Bonchev–Trinajstić information content (AvgIpc) is 2.34. The molecule has 0 aliphatic rings. The molecular weight excluding hydrogens is 198 g/mol. The van der Waals surface area contributed by atoms with Crippen molar-refractivity contribution in [2.75, 3.05) is 0 Å². The topological polar surface area (TPSA) is 43.7 Å². The highest BCUT2D eigenvalue weighted by Gasteiger charge is 2.12. The van der Waals surface area contributed by atoms with E-state index in [4.69, 9.17) is 5.26 Å². The van der Waals surface area contributed by atoms with Crippen molar-refractivity contribution in [3.8, 4) is 6.07 Å². The van der Waals surface area contributed by atoms with Gasteiger partial charge in [0.05, 0.1) is 11.6 Å². The van der Waals surface area contributed by atoms with Crippen LogP contribution in [0.4, 0.5) is 0 Å². The molecule has 1 aromatic rings. The molecule has 0 N–H and O–H groups in total. The van der Waals surface area contributed by atoms with Crippen LogP contribution in [0.3, 0.4) is 0 Å². The summed E-state index contributed by atoms with van der Waals surface area (Å²) in [6, 6.07) is 9.19. The second-order valence-corrected chi connectivity index (χ2v) is 4.04. The first-order valence-electron chi connectivity index (χ1n) is 5.94. The van der Waals surface area contributed by atoms with Crippen LogP contribution in [0.15, 0.2) is 24.3 Å². The van der Waals surface area contributed by atoms with Crippen LogP contribution in [0.5, 0.6) is 0 Å². The molecule has 0 fully saturated rings. The minimum atomic E-state index is -0.743. The fourth-order valence-electron chi connectivity index (χ4n) is 1.79. The van der Waals surface area contributed by atoms with Gasteiger partial charge >= 0.3 is 0 Å². The zero-order valence-corrected chi connectivity index (χ0v) is 9.78. The van der Waals surface area contributed by atoms with Gasteiger partial charge < -0.3 is 0 Å². The summed E-state index contributed by atoms with van der Waals surface area (Å²) in [6.45, 7) is 2.15. The number of unbranched alkanes of at least 4 members (excludes halogenated alkanes) is 3. The van der Waals surface area contributed by atoms with Gasteiger partial charge in [0, 0.05) is 5.56 Å². The summed E-state index contributed by atoms with van der Waals surface area (Å²) in [6.07, 6.45) is 4.34. The molecule has 2 heteroatoms. The van der Waals surface area contributed by atoms with E-state index < -0.39 is 6.10 Å². The van der Waals surface area contributed by atoms with E-state index in [-0.39, 0.29) is 0 Å². The number of nitriles is 1. The predicted octanol–water partition coefficient (Wildman–Crippen LogP) is 4.00. The van der Waals surface area contributed by atoms with Gasteiger partial charge in [-0.1, -0.05) is 50.8 Å². The van der Waals surface area contributed by atoms with Gasteiger partial charge in [-0.2, -0.15) is 5.26 Å². The van der Waals surface area contributed by atoms with Gasteiger partial charge in [-0.3, -0.25) is 0 Å². The van der Waals surface area contributed by atoms with Crippen LogP contribution in [0.2, 0.25) is 0 Å². The molecule has 16 heavy (non-hydrogen) atoms. The first-order valence-corrected chi connectivity index (χ1v) is 5.94. The molecule has 1 radical (unpaired) electrons. The lowest BCUT2D eigenvalue weighted by Crippen LogP contribution is -1.98. The number of nitrogens with zero attached hydrogens (tertiary/aromatic N) is 1. The highest BCUT2D eigenvalue weighted by atomic mass is 16.3. The quantitative estimate of drug-likeness (QED) is 0.663. The lowest BCUT2D eigenvalue weighted by atomic mass is 9.98. The van der Waals surface area contributed by atoms with Crippen molar-refractivity contribution in [2.45, 2.75) is 45.1 Å². The molecule has 0 bridgehead atoms. The van der Waals surface area contributed by atoms with E-state index in [0.717, 1.165) is 12.8 Å². The van der Waals surface area contributed by atoms with E-state index in [9.17, 15) is 5.11 Å². The largest absolute Gasteiger partial charge is 0.228 e. The Balaban J connectivity index is 2.52. The standard InChI is InChI=1S/C14H18NO/c1-2-3-4-5-10-14(16)13-9-7-6-8-12(13)11-15/h6-9,14H,2-5,10H2,1H3. The van der Waals surface area contributed by atoms with Crippen LogP contribution in [-0.4, -0.2) is 0 Å². The number of benzene rings is 1. The van der Waals surface area contributed by atoms with Crippen LogP contribution in [-0.2, 0) is 5.11 Å². The van der Waals surface area contributed by atoms with E-state index >= 15 is 0 Å². The second-order valence-electron chi connectivity index (χ2n) is 4.04. The lowest BCUT2D eigenvalue weighted by Gasteiger charge is -2.09. The van der Waals surface area contributed by atoms with Crippen molar-refractivity contribution in [3.63, 3.8) is 0 Å². The van der Waals surface area contributed by atoms with E-state index in [1.165, 1.54) is 12.8 Å². The van der Waals surface area contributed by atoms with Gasteiger partial charge in [0.2, 0.25) is 0 Å². The smallest absolute Gasteiger partial charge is 0.119 e. The van der Waals surface area contributed by atoms with Crippen molar-refractivity contribution in [1.82, 2.24) is 0 Å². The third-order valence-corrected chi connectivity index (χ3v) is 2.75. The Hall–Kier alpha value is -1.33. The number of hydrogen-bond acceptors (Lipinski definition) is 1. The summed E-state index contributed by atoms with van der Waals surface area (Å²) < 4.78 is 0. The van der Waals surface area contributed by atoms with Crippen molar-refractivity contribution in [3.05, 3.63) is 35.4 Å². The minimum absolute atomic E-state index is 0.526. The van der Waals surface area contributed by atoms with Crippen molar-refractivity contribution in [2.24, 2.45) is 0 Å². The summed E-state index contributed by atoms with van der Waals surface area (Å²) in [5.74, 6) is 0. The lowest BCUT2D eigenvalue weighted by molar-refractivity contribution is 0.0784. The van der Waals surface area contributed by atoms with Crippen LogP contribution in [0, 0.1) is 11.3 Å². The maximum atomic E-state index is 11.9. The Bertz CT molecular complexity index is 354. The molecule has 0 spiro atoms. The maximum Gasteiger partial charge on any atom is 0.119 e. The fraction of sp³-hybridized carbons (Fsp3) is 0.500. The van der Waals surface area contributed by atoms with E-state index in [1.54, 1.807) is 18.2 Å². The minimum Gasteiger partial charge on any atom is -0.228 e. The van der Waals surface area contributed by atoms with Gasteiger partial charge in [0.15, 0.2) is 0 Å². The van der Waals surface area contributed by atoms with Crippen LogP contribution >= 0.6 is 0 Å². The molecule has 2 nitrogen and oxygen atoms in total. The van der Waals surface area contributed by atoms with E-state index in [0.29, 0.717) is 17.5 Å². The molecule has 85 valence electrons. The van der Waals surface area contributed by atoms with Crippen LogP contribution in [0.25, 0.3) is 0 Å². The number of rotatable bonds is 6. The van der Waals surface area contributed by atoms with E-state index in [2.05, 4.69) is 13.0 Å². The molecule has 0 aliphatic heterocycles. The van der Waals surface area contributed by atoms with Crippen molar-refractivity contribution in [1.29, 1.82) is 5.26 Å². The van der Waals surface area contributed by atoms with Crippen LogP contribution < -0.4 is 0 Å². The van der Waals surface area contributed by atoms with E-state index in [1.807, 2.05) is 6.07 Å². The molecule has 0 heterocycles. The summed E-state index contributed by atoms with van der Waals surface area (Å²) >= 11 is 0. The maximum absolute atomic E-state index is 11.9. The van der Waals surface area contributed by atoms with Gasteiger partial charge in [-0.05, 0) is 12.5 Å². The first-order chi connectivity index (χ1) is 7.79. The molecular formula is C14H18NO.